The van der Waals surface area contributed by atoms with Crippen LogP contribution in [0.15, 0.2) is 30.3 Å². The second-order valence-corrected chi connectivity index (χ2v) is 5.21. The van der Waals surface area contributed by atoms with E-state index in [0.29, 0.717) is 6.42 Å². The Balaban J connectivity index is 2.54. The summed E-state index contributed by atoms with van der Waals surface area (Å²) >= 11 is 0. The molecule has 0 aliphatic rings. The number of carbonyl (C=O) groups is 3. The summed E-state index contributed by atoms with van der Waals surface area (Å²) < 4.78 is 10.1. The van der Waals surface area contributed by atoms with Crippen LogP contribution in [0.25, 0.3) is 0 Å². The Morgan fingerprint density at radius 1 is 1.17 bits per heavy atom. The third-order valence-corrected chi connectivity index (χ3v) is 3.18. The smallest absolute Gasteiger partial charge is 0.407 e. The Kier molecular flexibility index (Phi) is 8.96. The van der Waals surface area contributed by atoms with E-state index in [2.05, 4.69) is 5.32 Å². The first-order valence-corrected chi connectivity index (χ1v) is 7.88. The molecular weight excluding hydrogens is 314 g/mol. The van der Waals surface area contributed by atoms with Crippen LogP contribution in [0.2, 0.25) is 0 Å². The van der Waals surface area contributed by atoms with Gasteiger partial charge in [-0.15, -0.1) is 0 Å². The van der Waals surface area contributed by atoms with Gasteiger partial charge in [0, 0.05) is 6.42 Å². The van der Waals surface area contributed by atoms with Gasteiger partial charge in [0.25, 0.3) is 0 Å². The van der Waals surface area contributed by atoms with Gasteiger partial charge in [-0.1, -0.05) is 43.7 Å². The van der Waals surface area contributed by atoms with E-state index in [4.69, 9.17) is 14.6 Å². The molecule has 0 bridgehead atoms. The summed E-state index contributed by atoms with van der Waals surface area (Å²) in [7, 11) is 0. The van der Waals surface area contributed by atoms with Crippen LogP contribution < -0.4 is 5.32 Å². The molecule has 0 unspecified atom stereocenters. The Morgan fingerprint density at radius 2 is 1.88 bits per heavy atom. The lowest BCUT2D eigenvalue weighted by molar-refractivity contribution is -0.148. The predicted octanol–water partition coefficient (Wildman–Crippen LogP) is 2.49. The molecule has 2 N–H and O–H groups in total. The van der Waals surface area contributed by atoms with Crippen LogP contribution in [0, 0.1) is 0 Å². The third kappa shape index (κ3) is 8.17. The molecular formula is C17H23NO6. The first-order valence-electron chi connectivity index (χ1n) is 7.88. The minimum absolute atomic E-state index is 0.0514. The van der Waals surface area contributed by atoms with Crippen molar-refractivity contribution in [3.05, 3.63) is 35.9 Å². The molecule has 0 saturated heterocycles. The number of unbranched alkanes of at least 4 members (excludes halogenated alkanes) is 1. The van der Waals surface area contributed by atoms with Gasteiger partial charge in [-0.2, -0.15) is 0 Å². The molecule has 24 heavy (non-hydrogen) atoms. The van der Waals surface area contributed by atoms with E-state index in [1.807, 2.05) is 25.1 Å². The van der Waals surface area contributed by atoms with Crippen LogP contribution in [0.4, 0.5) is 4.79 Å². The second kappa shape index (κ2) is 11.0. The summed E-state index contributed by atoms with van der Waals surface area (Å²) in [6.07, 6.45) is 0.502. The maximum absolute atomic E-state index is 12.1. The van der Waals surface area contributed by atoms with Gasteiger partial charge < -0.3 is 19.9 Å². The molecule has 7 nitrogen and oxygen atoms in total. The normalized spacial score (nSPS) is 11.4. The quantitative estimate of drug-likeness (QED) is 0.502. The third-order valence-electron chi connectivity index (χ3n) is 3.18. The zero-order valence-electron chi connectivity index (χ0n) is 13.7. The maximum atomic E-state index is 12.1. The first-order chi connectivity index (χ1) is 11.5. The van der Waals surface area contributed by atoms with Gasteiger partial charge >= 0.3 is 18.0 Å². The van der Waals surface area contributed by atoms with E-state index in [9.17, 15) is 14.4 Å². The average molecular weight is 337 g/mol. The fraction of sp³-hybridized carbons (Fsp3) is 0.471. The van der Waals surface area contributed by atoms with E-state index in [0.717, 1.165) is 12.0 Å². The van der Waals surface area contributed by atoms with Crippen LogP contribution in [0.5, 0.6) is 0 Å². The number of aliphatic carboxylic acids is 1. The Bertz CT molecular complexity index is 531. The fourth-order valence-electron chi connectivity index (χ4n) is 1.84. The summed E-state index contributed by atoms with van der Waals surface area (Å²) in [6, 6.07) is 8.01. The van der Waals surface area contributed by atoms with Crippen LogP contribution in [0.1, 0.15) is 38.2 Å². The number of carboxylic acids is 1. The Morgan fingerprint density at radius 3 is 2.50 bits per heavy atom. The van der Waals surface area contributed by atoms with Gasteiger partial charge in [-0.25, -0.2) is 9.59 Å². The number of hydrogen-bond acceptors (Lipinski definition) is 5. The lowest BCUT2D eigenvalue weighted by Crippen LogP contribution is -2.42. The number of hydrogen-bond donors (Lipinski definition) is 2. The summed E-state index contributed by atoms with van der Waals surface area (Å²) in [6.45, 7) is 2.25. The van der Waals surface area contributed by atoms with Crippen molar-refractivity contribution in [2.75, 3.05) is 6.61 Å². The van der Waals surface area contributed by atoms with Crippen LogP contribution in [-0.4, -0.2) is 35.8 Å². The molecule has 1 rings (SSSR count). The predicted molar refractivity (Wildman–Crippen MR) is 86.3 cm³/mol. The summed E-state index contributed by atoms with van der Waals surface area (Å²) in [5, 5.41) is 11.1. The lowest BCUT2D eigenvalue weighted by Gasteiger charge is -2.17. The molecule has 0 spiro atoms. The van der Waals surface area contributed by atoms with Crippen molar-refractivity contribution in [2.24, 2.45) is 0 Å². The van der Waals surface area contributed by atoms with Crippen molar-refractivity contribution in [1.29, 1.82) is 0 Å². The van der Waals surface area contributed by atoms with Gasteiger partial charge in [-0.05, 0) is 18.4 Å². The highest BCUT2D eigenvalue weighted by Gasteiger charge is 2.24. The SMILES string of the molecule is CCCCOC(=O)N[C@@H](CCC(=O)O)C(=O)OCc1ccccc1. The van der Waals surface area contributed by atoms with Crippen molar-refractivity contribution in [1.82, 2.24) is 5.32 Å². The number of benzene rings is 1. The molecule has 0 fully saturated rings. The Labute approximate surface area is 141 Å². The van der Waals surface area contributed by atoms with Crippen LogP contribution in [0.3, 0.4) is 0 Å². The summed E-state index contributed by atoms with van der Waals surface area (Å²) in [4.78, 5) is 34.5. The molecule has 1 atom stereocenters. The topological polar surface area (TPSA) is 102 Å². The van der Waals surface area contributed by atoms with Crippen molar-refractivity contribution in [3.8, 4) is 0 Å². The average Bonchev–Trinajstić information content (AvgIpc) is 2.57. The Hall–Kier alpha value is -2.57. The van der Waals surface area contributed by atoms with E-state index in [1.54, 1.807) is 12.1 Å². The fourth-order valence-corrected chi connectivity index (χ4v) is 1.84. The van der Waals surface area contributed by atoms with Gasteiger partial charge in [0.15, 0.2) is 0 Å². The number of nitrogens with one attached hydrogen (secondary N) is 1. The van der Waals surface area contributed by atoms with Crippen molar-refractivity contribution in [2.45, 2.75) is 45.3 Å². The van der Waals surface area contributed by atoms with Crippen LogP contribution >= 0.6 is 0 Å². The van der Waals surface area contributed by atoms with E-state index in [-0.39, 0.29) is 26.1 Å². The summed E-state index contributed by atoms with van der Waals surface area (Å²) in [5.41, 5.74) is 0.799. The van der Waals surface area contributed by atoms with Gasteiger partial charge in [0.1, 0.15) is 12.6 Å². The van der Waals surface area contributed by atoms with Gasteiger partial charge in [0.2, 0.25) is 0 Å². The minimum atomic E-state index is -1.06. The molecule has 0 saturated carbocycles. The summed E-state index contributed by atoms with van der Waals surface area (Å²) in [5.74, 6) is -1.75. The molecule has 1 aromatic rings. The lowest BCUT2D eigenvalue weighted by atomic mass is 10.1. The van der Waals surface area contributed by atoms with E-state index < -0.39 is 24.1 Å². The maximum Gasteiger partial charge on any atom is 0.407 e. The van der Waals surface area contributed by atoms with E-state index >= 15 is 0 Å². The zero-order valence-corrected chi connectivity index (χ0v) is 13.7. The molecule has 7 heteroatoms. The molecule has 132 valence electrons. The van der Waals surface area contributed by atoms with Crippen molar-refractivity contribution < 1.29 is 29.0 Å². The van der Waals surface area contributed by atoms with E-state index in [1.165, 1.54) is 0 Å². The minimum Gasteiger partial charge on any atom is -0.481 e. The van der Waals surface area contributed by atoms with Crippen molar-refractivity contribution in [3.63, 3.8) is 0 Å². The number of amides is 1. The molecule has 0 heterocycles. The monoisotopic (exact) mass is 337 g/mol. The highest BCUT2D eigenvalue weighted by atomic mass is 16.6. The highest BCUT2D eigenvalue weighted by molar-refractivity contribution is 5.82. The molecule has 0 aliphatic heterocycles. The standard InChI is InChI=1S/C17H23NO6/c1-2-3-11-23-17(22)18-14(9-10-15(19)20)16(21)24-12-13-7-5-4-6-8-13/h4-8,14H,2-3,9-12H2,1H3,(H,18,22)(H,19,20)/t14-/m0/s1. The zero-order chi connectivity index (χ0) is 17.8. The molecule has 0 aromatic heterocycles. The number of alkyl carbamates (subject to hydrolysis) is 1. The number of rotatable bonds is 10. The molecule has 0 radical (unpaired) electrons. The number of carbonyl (C=O) groups excluding carboxylic acids is 2. The highest BCUT2D eigenvalue weighted by Crippen LogP contribution is 2.06. The molecule has 1 amide bonds. The molecule has 0 aliphatic carbocycles. The number of carboxylic acid groups (broad SMARTS) is 1. The molecule has 1 aromatic carbocycles. The first kappa shape index (κ1) is 19.5. The van der Waals surface area contributed by atoms with Crippen molar-refractivity contribution >= 4 is 18.0 Å². The van der Waals surface area contributed by atoms with Gasteiger partial charge in [0.05, 0.1) is 6.61 Å². The second-order valence-electron chi connectivity index (χ2n) is 5.21. The van der Waals surface area contributed by atoms with Crippen LogP contribution in [-0.2, 0) is 25.7 Å². The van der Waals surface area contributed by atoms with Gasteiger partial charge in [-0.3, -0.25) is 4.79 Å². The number of esters is 1. The largest absolute Gasteiger partial charge is 0.481 e. The number of ether oxygens (including phenoxy) is 2.